The number of aromatic nitrogens is 4. The van der Waals surface area contributed by atoms with Crippen LogP contribution in [-0.2, 0) is 7.05 Å². The summed E-state index contributed by atoms with van der Waals surface area (Å²) in [6.45, 7) is 1.91. The van der Waals surface area contributed by atoms with E-state index in [4.69, 9.17) is 16.1 Å². The van der Waals surface area contributed by atoms with Crippen LogP contribution in [0.2, 0.25) is 5.02 Å². The lowest BCUT2D eigenvalue weighted by Gasteiger charge is -2.19. The molecule has 2 N–H and O–H groups in total. The van der Waals surface area contributed by atoms with Gasteiger partial charge in [0.25, 0.3) is 5.91 Å². The van der Waals surface area contributed by atoms with E-state index >= 15 is 0 Å². The molecule has 0 bridgehead atoms. The molecule has 3 aromatic rings. The van der Waals surface area contributed by atoms with E-state index in [1.807, 2.05) is 12.1 Å². The molecule has 0 aliphatic carbocycles. The van der Waals surface area contributed by atoms with Crippen molar-refractivity contribution in [2.75, 3.05) is 18.4 Å². The zero-order chi connectivity index (χ0) is 18.8. The van der Waals surface area contributed by atoms with Gasteiger partial charge in [0, 0.05) is 29.6 Å². The van der Waals surface area contributed by atoms with Crippen molar-refractivity contribution in [2.24, 2.45) is 7.05 Å². The van der Waals surface area contributed by atoms with E-state index in [-0.39, 0.29) is 18.1 Å². The molecule has 1 aliphatic heterocycles. The van der Waals surface area contributed by atoms with E-state index in [9.17, 15) is 4.79 Å². The van der Waals surface area contributed by atoms with Gasteiger partial charge < -0.3 is 9.84 Å². The standard InChI is InChI=1S/C18H19ClN6O2.ClH/c1-25-18(21-16(23-25)11-5-7-20-8-6-11)22-17(26)14-10-15(27-24-14)12-3-2-4-13(19)9-12;/h2-4,9-11,20H,5-8H2,1H3,(H,21,22,23,26);1H. The average Bonchev–Trinajstić information content (AvgIpc) is 3.30. The van der Waals surface area contributed by atoms with E-state index in [1.54, 1.807) is 29.9 Å². The Bertz CT molecular complexity index is 965. The van der Waals surface area contributed by atoms with Crippen LogP contribution < -0.4 is 10.6 Å². The average molecular weight is 423 g/mol. The van der Waals surface area contributed by atoms with Gasteiger partial charge in [0.2, 0.25) is 5.95 Å². The molecular formula is C18H20Cl2N6O2. The molecule has 1 aliphatic rings. The molecule has 2 aromatic heterocycles. The van der Waals surface area contributed by atoms with Crippen LogP contribution in [0.15, 0.2) is 34.9 Å². The van der Waals surface area contributed by atoms with E-state index in [0.29, 0.717) is 22.6 Å². The number of nitrogens with zero attached hydrogens (tertiary/aromatic N) is 4. The van der Waals surface area contributed by atoms with Crippen molar-refractivity contribution in [3.63, 3.8) is 0 Å². The molecule has 0 radical (unpaired) electrons. The minimum Gasteiger partial charge on any atom is -0.355 e. The largest absolute Gasteiger partial charge is 0.355 e. The first-order valence-electron chi connectivity index (χ1n) is 8.76. The zero-order valence-electron chi connectivity index (χ0n) is 15.2. The maximum absolute atomic E-state index is 12.5. The van der Waals surface area contributed by atoms with Gasteiger partial charge in [-0.2, -0.15) is 10.1 Å². The number of aryl methyl sites for hydroxylation is 1. The number of hydrogen-bond donors (Lipinski definition) is 2. The Morgan fingerprint density at radius 2 is 2.11 bits per heavy atom. The molecule has 0 unspecified atom stereocenters. The summed E-state index contributed by atoms with van der Waals surface area (Å²) in [4.78, 5) is 17.0. The van der Waals surface area contributed by atoms with Gasteiger partial charge in [0.05, 0.1) is 0 Å². The predicted octanol–water partition coefficient (Wildman–Crippen LogP) is 3.26. The second kappa shape index (κ2) is 8.72. The van der Waals surface area contributed by atoms with Crippen LogP contribution in [0.1, 0.15) is 35.1 Å². The second-order valence-corrected chi connectivity index (χ2v) is 6.92. The number of nitrogens with one attached hydrogen (secondary N) is 2. The third kappa shape index (κ3) is 4.35. The molecule has 1 amide bonds. The van der Waals surface area contributed by atoms with Crippen molar-refractivity contribution < 1.29 is 9.32 Å². The van der Waals surface area contributed by atoms with Crippen LogP contribution in [0.3, 0.4) is 0 Å². The van der Waals surface area contributed by atoms with E-state index in [2.05, 4.69) is 25.9 Å². The predicted molar refractivity (Wildman–Crippen MR) is 108 cm³/mol. The van der Waals surface area contributed by atoms with Gasteiger partial charge in [-0.25, -0.2) is 4.68 Å². The lowest BCUT2D eigenvalue weighted by atomic mass is 9.98. The highest BCUT2D eigenvalue weighted by Gasteiger charge is 2.22. The molecule has 1 fully saturated rings. The number of halogens is 2. The quantitative estimate of drug-likeness (QED) is 0.669. The third-order valence-corrected chi connectivity index (χ3v) is 4.80. The maximum atomic E-state index is 12.5. The summed E-state index contributed by atoms with van der Waals surface area (Å²) in [7, 11) is 1.76. The van der Waals surface area contributed by atoms with E-state index < -0.39 is 5.91 Å². The van der Waals surface area contributed by atoms with Crippen LogP contribution in [0.25, 0.3) is 11.3 Å². The summed E-state index contributed by atoms with van der Waals surface area (Å²) >= 11 is 5.99. The smallest absolute Gasteiger partial charge is 0.280 e. The number of carbonyl (C=O) groups is 1. The molecule has 1 saturated heterocycles. The molecule has 4 rings (SSSR count). The zero-order valence-corrected chi connectivity index (χ0v) is 16.8. The lowest BCUT2D eigenvalue weighted by Crippen LogP contribution is -2.27. The van der Waals surface area contributed by atoms with Crippen LogP contribution in [-0.4, -0.2) is 38.9 Å². The van der Waals surface area contributed by atoms with Crippen LogP contribution in [0.4, 0.5) is 5.95 Å². The molecule has 3 heterocycles. The third-order valence-electron chi connectivity index (χ3n) is 4.56. The summed E-state index contributed by atoms with van der Waals surface area (Å²) in [6, 6.07) is 8.73. The topological polar surface area (TPSA) is 97.9 Å². The summed E-state index contributed by atoms with van der Waals surface area (Å²) in [5.74, 6) is 1.52. The number of carbonyl (C=O) groups excluding carboxylic acids is 1. The summed E-state index contributed by atoms with van der Waals surface area (Å²) in [5.41, 5.74) is 0.914. The van der Waals surface area contributed by atoms with Gasteiger partial charge in [-0.15, -0.1) is 12.4 Å². The minimum absolute atomic E-state index is 0. The Morgan fingerprint density at radius 3 is 2.86 bits per heavy atom. The first-order valence-corrected chi connectivity index (χ1v) is 9.13. The number of anilines is 1. The maximum Gasteiger partial charge on any atom is 0.280 e. The Hall–Kier alpha value is -2.42. The number of piperidine rings is 1. The normalized spacial score (nSPS) is 14.5. The highest BCUT2D eigenvalue weighted by Crippen LogP contribution is 2.25. The fraction of sp³-hybridized carbons (Fsp3) is 0.333. The van der Waals surface area contributed by atoms with Gasteiger partial charge in [0.15, 0.2) is 17.3 Å². The van der Waals surface area contributed by atoms with E-state index in [0.717, 1.165) is 37.3 Å². The summed E-state index contributed by atoms with van der Waals surface area (Å²) < 4.78 is 6.85. The van der Waals surface area contributed by atoms with Crippen molar-refractivity contribution in [1.29, 1.82) is 0 Å². The van der Waals surface area contributed by atoms with Crippen LogP contribution in [0, 0.1) is 0 Å². The van der Waals surface area contributed by atoms with Gasteiger partial charge in [-0.1, -0.05) is 28.9 Å². The monoisotopic (exact) mass is 422 g/mol. The number of amides is 1. The first kappa shape index (κ1) is 20.3. The second-order valence-electron chi connectivity index (χ2n) is 6.48. The van der Waals surface area contributed by atoms with Gasteiger partial charge >= 0.3 is 0 Å². The number of hydrogen-bond acceptors (Lipinski definition) is 6. The molecule has 0 atom stereocenters. The number of rotatable bonds is 4. The molecule has 0 spiro atoms. The van der Waals surface area contributed by atoms with Crippen molar-refractivity contribution in [2.45, 2.75) is 18.8 Å². The van der Waals surface area contributed by atoms with Crippen LogP contribution in [0.5, 0.6) is 0 Å². The summed E-state index contributed by atoms with van der Waals surface area (Å²) in [6.07, 6.45) is 1.98. The Labute approximate surface area is 173 Å². The highest BCUT2D eigenvalue weighted by atomic mass is 35.5. The Morgan fingerprint density at radius 1 is 1.32 bits per heavy atom. The Kier molecular flexibility index (Phi) is 6.33. The molecule has 148 valence electrons. The Balaban J connectivity index is 0.00000225. The van der Waals surface area contributed by atoms with Crippen LogP contribution >= 0.6 is 24.0 Å². The molecule has 10 heteroatoms. The van der Waals surface area contributed by atoms with Crippen molar-refractivity contribution in [3.8, 4) is 11.3 Å². The van der Waals surface area contributed by atoms with E-state index in [1.165, 1.54) is 0 Å². The SMILES string of the molecule is Cl.Cn1nc(C2CCNCC2)nc1NC(=O)c1cc(-c2cccc(Cl)c2)on1. The lowest BCUT2D eigenvalue weighted by molar-refractivity contribution is 0.101. The minimum atomic E-state index is -0.403. The van der Waals surface area contributed by atoms with Crippen molar-refractivity contribution in [1.82, 2.24) is 25.2 Å². The van der Waals surface area contributed by atoms with Gasteiger partial charge in [-0.05, 0) is 38.1 Å². The summed E-state index contributed by atoms with van der Waals surface area (Å²) in [5, 5.41) is 14.9. The number of benzene rings is 1. The molecular weight excluding hydrogens is 403 g/mol. The first-order chi connectivity index (χ1) is 13.1. The van der Waals surface area contributed by atoms with Crippen molar-refractivity contribution >= 4 is 35.9 Å². The molecule has 8 nitrogen and oxygen atoms in total. The molecule has 0 saturated carbocycles. The fourth-order valence-electron chi connectivity index (χ4n) is 3.09. The van der Waals surface area contributed by atoms with Gasteiger partial charge in [-0.3, -0.25) is 10.1 Å². The fourth-order valence-corrected chi connectivity index (χ4v) is 3.28. The van der Waals surface area contributed by atoms with Crippen molar-refractivity contribution in [3.05, 3.63) is 46.9 Å². The molecule has 1 aromatic carbocycles. The highest BCUT2D eigenvalue weighted by molar-refractivity contribution is 6.30. The van der Waals surface area contributed by atoms with Gasteiger partial charge in [0.1, 0.15) is 0 Å². The molecule has 28 heavy (non-hydrogen) atoms.